The van der Waals surface area contributed by atoms with Gasteiger partial charge in [0.2, 0.25) is 0 Å². The highest BCUT2D eigenvalue weighted by Crippen LogP contribution is 2.23. The molecule has 1 aromatic carbocycles. The van der Waals surface area contributed by atoms with E-state index >= 15 is 0 Å². The second-order valence-electron chi connectivity index (χ2n) is 3.74. The minimum atomic E-state index is -0.195. The van der Waals surface area contributed by atoms with E-state index in [9.17, 15) is 4.79 Å². The van der Waals surface area contributed by atoms with Crippen molar-refractivity contribution in [2.45, 2.75) is 13.5 Å². The van der Waals surface area contributed by atoms with E-state index in [0.29, 0.717) is 17.0 Å². The van der Waals surface area contributed by atoms with Crippen LogP contribution in [-0.2, 0) is 6.54 Å². The van der Waals surface area contributed by atoms with Gasteiger partial charge in [-0.05, 0) is 19.1 Å². The normalized spacial score (nSPS) is 10.1. The summed E-state index contributed by atoms with van der Waals surface area (Å²) in [6, 6.07) is 7.28. The van der Waals surface area contributed by atoms with Crippen LogP contribution in [0.25, 0.3) is 0 Å². The van der Waals surface area contributed by atoms with Crippen molar-refractivity contribution >= 4 is 11.6 Å². The Morgan fingerprint density at radius 1 is 1.44 bits per heavy atom. The molecule has 0 unspecified atom stereocenters. The molecule has 1 aromatic heterocycles. The number of ether oxygens (including phenoxy) is 1. The highest BCUT2D eigenvalue weighted by molar-refractivity contribution is 6.04. The molecule has 5 heteroatoms. The number of hydrogen-bond donors (Lipinski definition) is 1. The van der Waals surface area contributed by atoms with E-state index in [0.717, 1.165) is 6.54 Å². The molecule has 18 heavy (non-hydrogen) atoms. The number of amides is 1. The van der Waals surface area contributed by atoms with Crippen molar-refractivity contribution in [3.63, 3.8) is 0 Å². The Hall–Kier alpha value is -2.30. The van der Waals surface area contributed by atoms with Crippen molar-refractivity contribution < 1.29 is 9.53 Å². The van der Waals surface area contributed by atoms with E-state index in [-0.39, 0.29) is 5.91 Å². The molecule has 0 spiro atoms. The summed E-state index contributed by atoms with van der Waals surface area (Å²) in [7, 11) is 1.57. The molecular formula is C13H15N3O2. The van der Waals surface area contributed by atoms with Gasteiger partial charge in [-0.15, -0.1) is 0 Å². The largest absolute Gasteiger partial charge is 0.495 e. The lowest BCUT2D eigenvalue weighted by atomic mass is 10.2. The lowest BCUT2D eigenvalue weighted by Gasteiger charge is -2.08. The average molecular weight is 245 g/mol. The summed E-state index contributed by atoms with van der Waals surface area (Å²) >= 11 is 0. The van der Waals surface area contributed by atoms with Gasteiger partial charge in [-0.1, -0.05) is 12.1 Å². The molecule has 0 fully saturated rings. The number of hydrogen-bond acceptors (Lipinski definition) is 3. The zero-order valence-corrected chi connectivity index (χ0v) is 10.4. The van der Waals surface area contributed by atoms with Crippen molar-refractivity contribution in [1.82, 2.24) is 9.78 Å². The van der Waals surface area contributed by atoms with Crippen LogP contribution in [0.3, 0.4) is 0 Å². The monoisotopic (exact) mass is 245 g/mol. The van der Waals surface area contributed by atoms with Crippen molar-refractivity contribution in [3.8, 4) is 5.75 Å². The van der Waals surface area contributed by atoms with Crippen LogP contribution in [0.15, 0.2) is 36.7 Å². The number of benzene rings is 1. The Morgan fingerprint density at radius 2 is 2.22 bits per heavy atom. The number of para-hydroxylation sites is 2. The first kappa shape index (κ1) is 12.2. The zero-order chi connectivity index (χ0) is 13.0. The fourth-order valence-corrected chi connectivity index (χ4v) is 1.60. The van der Waals surface area contributed by atoms with E-state index in [1.807, 2.05) is 19.1 Å². The lowest BCUT2D eigenvalue weighted by molar-refractivity contribution is 0.102. The Labute approximate surface area is 105 Å². The Balaban J connectivity index is 2.16. The maximum Gasteiger partial charge on any atom is 0.258 e. The van der Waals surface area contributed by atoms with E-state index in [1.165, 1.54) is 0 Å². The average Bonchev–Trinajstić information content (AvgIpc) is 2.88. The third kappa shape index (κ3) is 2.51. The molecule has 2 rings (SSSR count). The molecule has 0 aliphatic heterocycles. The number of anilines is 1. The molecule has 0 saturated heterocycles. The number of methoxy groups -OCH3 is 1. The summed E-state index contributed by atoms with van der Waals surface area (Å²) in [6.07, 6.45) is 3.26. The van der Waals surface area contributed by atoms with Gasteiger partial charge >= 0.3 is 0 Å². The van der Waals surface area contributed by atoms with E-state index in [4.69, 9.17) is 4.74 Å². The smallest absolute Gasteiger partial charge is 0.258 e. The number of aryl methyl sites for hydroxylation is 1. The van der Waals surface area contributed by atoms with Crippen LogP contribution in [0, 0.1) is 0 Å². The summed E-state index contributed by atoms with van der Waals surface area (Å²) < 4.78 is 6.88. The minimum absolute atomic E-state index is 0.195. The number of nitrogens with one attached hydrogen (secondary N) is 1. The molecule has 1 N–H and O–H groups in total. The van der Waals surface area contributed by atoms with Crippen LogP contribution in [0.5, 0.6) is 5.75 Å². The zero-order valence-electron chi connectivity index (χ0n) is 10.4. The van der Waals surface area contributed by atoms with Gasteiger partial charge in [0.1, 0.15) is 5.75 Å². The summed E-state index contributed by atoms with van der Waals surface area (Å²) in [6.45, 7) is 2.71. The van der Waals surface area contributed by atoms with E-state index in [1.54, 1.807) is 36.3 Å². The fraction of sp³-hybridized carbons (Fsp3) is 0.231. The molecule has 2 aromatic rings. The van der Waals surface area contributed by atoms with Gasteiger partial charge in [-0.2, -0.15) is 5.10 Å². The van der Waals surface area contributed by atoms with Crippen LogP contribution in [0.1, 0.15) is 17.3 Å². The van der Waals surface area contributed by atoms with Gasteiger partial charge in [0, 0.05) is 12.7 Å². The Morgan fingerprint density at radius 3 is 2.89 bits per heavy atom. The Kier molecular flexibility index (Phi) is 3.62. The number of aromatic nitrogens is 2. The predicted molar refractivity (Wildman–Crippen MR) is 68.8 cm³/mol. The standard InChI is InChI=1S/C13H15N3O2/c1-3-16-9-10(8-14-16)13(17)15-11-6-4-5-7-12(11)18-2/h4-9H,3H2,1-2H3,(H,15,17). The molecule has 5 nitrogen and oxygen atoms in total. The summed E-state index contributed by atoms with van der Waals surface area (Å²) in [4.78, 5) is 12.0. The molecule has 94 valence electrons. The third-order valence-electron chi connectivity index (χ3n) is 2.57. The van der Waals surface area contributed by atoms with Crippen LogP contribution >= 0.6 is 0 Å². The number of carbonyl (C=O) groups excluding carboxylic acids is 1. The van der Waals surface area contributed by atoms with Crippen LogP contribution in [-0.4, -0.2) is 22.8 Å². The van der Waals surface area contributed by atoms with Crippen molar-refractivity contribution in [1.29, 1.82) is 0 Å². The molecule has 0 bridgehead atoms. The summed E-state index contributed by atoms with van der Waals surface area (Å²) in [5, 5.41) is 6.86. The first-order valence-electron chi connectivity index (χ1n) is 5.71. The van der Waals surface area contributed by atoms with Gasteiger partial charge in [-0.3, -0.25) is 9.48 Å². The lowest BCUT2D eigenvalue weighted by Crippen LogP contribution is -2.11. The number of carbonyl (C=O) groups is 1. The first-order chi connectivity index (χ1) is 8.74. The fourth-order valence-electron chi connectivity index (χ4n) is 1.60. The highest BCUT2D eigenvalue weighted by Gasteiger charge is 2.10. The number of nitrogens with zero attached hydrogens (tertiary/aromatic N) is 2. The van der Waals surface area contributed by atoms with Crippen LogP contribution < -0.4 is 10.1 Å². The molecular weight excluding hydrogens is 230 g/mol. The van der Waals surface area contributed by atoms with Gasteiger partial charge in [-0.25, -0.2) is 0 Å². The van der Waals surface area contributed by atoms with Gasteiger partial charge in [0.05, 0.1) is 24.6 Å². The first-order valence-corrected chi connectivity index (χ1v) is 5.71. The third-order valence-corrected chi connectivity index (χ3v) is 2.57. The van der Waals surface area contributed by atoms with Gasteiger partial charge in [0.25, 0.3) is 5.91 Å². The summed E-state index contributed by atoms with van der Waals surface area (Å²) in [5.41, 5.74) is 1.18. The van der Waals surface area contributed by atoms with Crippen molar-refractivity contribution in [2.24, 2.45) is 0 Å². The molecule has 0 radical (unpaired) electrons. The summed E-state index contributed by atoms with van der Waals surface area (Å²) in [5.74, 6) is 0.438. The van der Waals surface area contributed by atoms with Crippen molar-refractivity contribution in [2.75, 3.05) is 12.4 Å². The number of rotatable bonds is 4. The second kappa shape index (κ2) is 5.35. The van der Waals surface area contributed by atoms with Crippen LogP contribution in [0.4, 0.5) is 5.69 Å². The van der Waals surface area contributed by atoms with E-state index in [2.05, 4.69) is 10.4 Å². The molecule has 0 aliphatic rings. The molecule has 0 saturated carbocycles. The molecule has 1 heterocycles. The molecule has 0 atom stereocenters. The topological polar surface area (TPSA) is 56.2 Å². The van der Waals surface area contributed by atoms with Crippen molar-refractivity contribution in [3.05, 3.63) is 42.2 Å². The molecule has 0 aliphatic carbocycles. The van der Waals surface area contributed by atoms with Crippen LogP contribution in [0.2, 0.25) is 0 Å². The Bertz CT molecular complexity index is 549. The highest BCUT2D eigenvalue weighted by atomic mass is 16.5. The molecule has 1 amide bonds. The SMILES string of the molecule is CCn1cc(C(=O)Nc2ccccc2OC)cn1. The second-order valence-corrected chi connectivity index (χ2v) is 3.74. The van der Waals surface area contributed by atoms with E-state index < -0.39 is 0 Å². The van der Waals surface area contributed by atoms with Gasteiger partial charge < -0.3 is 10.1 Å². The van der Waals surface area contributed by atoms with Gasteiger partial charge in [0.15, 0.2) is 0 Å². The maximum atomic E-state index is 12.0. The quantitative estimate of drug-likeness (QED) is 0.898. The minimum Gasteiger partial charge on any atom is -0.495 e. The predicted octanol–water partition coefficient (Wildman–Crippen LogP) is 2.16. The maximum absolute atomic E-state index is 12.0.